The Bertz CT molecular complexity index is 1310. The maximum Gasteiger partial charge on any atom is 0.146 e. The van der Waals surface area contributed by atoms with Gasteiger partial charge in [-0.15, -0.1) is 0 Å². The first-order valence-electron chi connectivity index (χ1n) is 13.0. The fourth-order valence-corrected chi connectivity index (χ4v) is 5.89. The number of aromatic nitrogens is 3. The van der Waals surface area contributed by atoms with Crippen molar-refractivity contribution in [3.8, 4) is 22.6 Å². The molecule has 0 spiro atoms. The monoisotopic (exact) mass is 483 g/mol. The summed E-state index contributed by atoms with van der Waals surface area (Å²) in [6.07, 6.45) is 10.0. The van der Waals surface area contributed by atoms with Gasteiger partial charge in [0.15, 0.2) is 0 Å². The van der Waals surface area contributed by atoms with Crippen LogP contribution in [0, 0.1) is 0 Å². The van der Waals surface area contributed by atoms with Crippen molar-refractivity contribution in [2.75, 3.05) is 18.8 Å². The molecule has 1 saturated carbocycles. The summed E-state index contributed by atoms with van der Waals surface area (Å²) in [6.45, 7) is 2.03. The van der Waals surface area contributed by atoms with E-state index >= 15 is 0 Å². The number of hydrogen-bond acceptors (Lipinski definition) is 6. The highest BCUT2D eigenvalue weighted by Crippen LogP contribution is 2.39. The molecular formula is C29H33N5O2. The molecule has 1 aliphatic carbocycles. The van der Waals surface area contributed by atoms with E-state index < -0.39 is 0 Å². The van der Waals surface area contributed by atoms with E-state index in [4.69, 9.17) is 10.5 Å². The van der Waals surface area contributed by atoms with Crippen LogP contribution in [-0.2, 0) is 0 Å². The van der Waals surface area contributed by atoms with Crippen LogP contribution in [0.1, 0.15) is 44.6 Å². The number of aliphatic hydroxyl groups is 1. The molecule has 36 heavy (non-hydrogen) atoms. The van der Waals surface area contributed by atoms with Gasteiger partial charge in [0.2, 0.25) is 0 Å². The molecule has 3 heterocycles. The Labute approximate surface area is 211 Å². The highest BCUT2D eigenvalue weighted by Gasteiger charge is 2.30. The van der Waals surface area contributed by atoms with E-state index in [1.165, 1.54) is 12.8 Å². The molecule has 186 valence electrons. The van der Waals surface area contributed by atoms with Crippen LogP contribution < -0.4 is 10.5 Å². The molecule has 2 fully saturated rings. The SMILES string of the molecule is Nc1ncnc2c1c(-c1ccc(Oc3ccccc3)cc1)cn2[C@H]1CC[C@@H](N2CCC(O)CC2)CC1. The molecule has 0 unspecified atom stereocenters. The molecule has 7 nitrogen and oxygen atoms in total. The number of fused-ring (bicyclic) bond motifs is 1. The zero-order valence-corrected chi connectivity index (χ0v) is 20.5. The summed E-state index contributed by atoms with van der Waals surface area (Å²) in [4.78, 5) is 11.6. The Morgan fingerprint density at radius 2 is 1.47 bits per heavy atom. The second kappa shape index (κ2) is 9.91. The largest absolute Gasteiger partial charge is 0.457 e. The molecule has 0 atom stereocenters. The van der Waals surface area contributed by atoms with Crippen molar-refractivity contribution in [3.63, 3.8) is 0 Å². The number of piperidine rings is 1. The molecule has 4 aromatic rings. The molecule has 0 bridgehead atoms. The zero-order valence-electron chi connectivity index (χ0n) is 20.5. The number of benzene rings is 2. The number of anilines is 1. The number of hydrogen-bond donors (Lipinski definition) is 2. The summed E-state index contributed by atoms with van der Waals surface area (Å²) >= 11 is 0. The summed E-state index contributed by atoms with van der Waals surface area (Å²) in [5.74, 6) is 2.12. The van der Waals surface area contributed by atoms with Crippen LogP contribution in [0.4, 0.5) is 5.82 Å². The lowest BCUT2D eigenvalue weighted by Gasteiger charge is -2.40. The number of aliphatic hydroxyl groups excluding tert-OH is 1. The maximum atomic E-state index is 9.86. The third-order valence-electron chi connectivity index (χ3n) is 7.86. The summed E-state index contributed by atoms with van der Waals surface area (Å²) in [7, 11) is 0. The number of ether oxygens (including phenoxy) is 1. The number of para-hydroxylation sites is 1. The van der Waals surface area contributed by atoms with E-state index in [1.807, 2.05) is 42.5 Å². The van der Waals surface area contributed by atoms with Crippen LogP contribution in [0.3, 0.4) is 0 Å². The van der Waals surface area contributed by atoms with E-state index in [0.29, 0.717) is 17.9 Å². The van der Waals surface area contributed by atoms with E-state index in [0.717, 1.165) is 72.4 Å². The van der Waals surface area contributed by atoms with Gasteiger partial charge >= 0.3 is 0 Å². The van der Waals surface area contributed by atoms with Crippen LogP contribution in [-0.4, -0.2) is 49.8 Å². The summed E-state index contributed by atoms with van der Waals surface area (Å²) in [5, 5.41) is 10.8. The van der Waals surface area contributed by atoms with Crippen molar-refractivity contribution >= 4 is 16.9 Å². The van der Waals surface area contributed by atoms with Crippen LogP contribution in [0.15, 0.2) is 67.1 Å². The Morgan fingerprint density at radius 1 is 0.806 bits per heavy atom. The van der Waals surface area contributed by atoms with Gasteiger partial charge in [-0.3, -0.25) is 0 Å². The van der Waals surface area contributed by atoms with E-state index in [2.05, 4.69) is 37.8 Å². The molecule has 0 amide bonds. The van der Waals surface area contributed by atoms with Gasteiger partial charge < -0.3 is 25.0 Å². The molecule has 7 heteroatoms. The van der Waals surface area contributed by atoms with Crippen molar-refractivity contribution < 1.29 is 9.84 Å². The van der Waals surface area contributed by atoms with Crippen molar-refractivity contribution in [1.29, 1.82) is 0 Å². The topological polar surface area (TPSA) is 89.4 Å². The van der Waals surface area contributed by atoms with Crippen molar-refractivity contribution in [2.45, 2.75) is 56.7 Å². The molecule has 6 rings (SSSR count). The lowest BCUT2D eigenvalue weighted by atomic mass is 9.89. The number of nitrogens with zero attached hydrogens (tertiary/aromatic N) is 4. The van der Waals surface area contributed by atoms with Crippen molar-refractivity contribution in [2.24, 2.45) is 0 Å². The predicted molar refractivity (Wildman–Crippen MR) is 142 cm³/mol. The van der Waals surface area contributed by atoms with Crippen molar-refractivity contribution in [1.82, 2.24) is 19.4 Å². The highest BCUT2D eigenvalue weighted by molar-refractivity contribution is 6.00. The van der Waals surface area contributed by atoms with Gasteiger partial charge in [-0.2, -0.15) is 0 Å². The van der Waals surface area contributed by atoms with Crippen molar-refractivity contribution in [3.05, 3.63) is 67.1 Å². The zero-order chi connectivity index (χ0) is 24.5. The van der Waals surface area contributed by atoms with Crippen LogP contribution in [0.5, 0.6) is 11.5 Å². The summed E-state index contributed by atoms with van der Waals surface area (Å²) < 4.78 is 8.30. The third kappa shape index (κ3) is 4.56. The first-order valence-corrected chi connectivity index (χ1v) is 13.0. The second-order valence-corrected chi connectivity index (χ2v) is 10.1. The van der Waals surface area contributed by atoms with Gasteiger partial charge in [0.25, 0.3) is 0 Å². The minimum absolute atomic E-state index is 0.119. The minimum atomic E-state index is -0.119. The van der Waals surface area contributed by atoms with Gasteiger partial charge in [-0.25, -0.2) is 9.97 Å². The molecule has 1 aliphatic heterocycles. The summed E-state index contributed by atoms with van der Waals surface area (Å²) in [5.41, 5.74) is 9.42. The number of rotatable bonds is 5. The molecule has 1 saturated heterocycles. The molecule has 2 aromatic heterocycles. The third-order valence-corrected chi connectivity index (χ3v) is 7.86. The Balaban J connectivity index is 1.24. The van der Waals surface area contributed by atoms with E-state index in [9.17, 15) is 5.11 Å². The Hall–Kier alpha value is -3.42. The fraction of sp³-hybridized carbons (Fsp3) is 0.379. The van der Waals surface area contributed by atoms with E-state index in [1.54, 1.807) is 6.33 Å². The van der Waals surface area contributed by atoms with Gasteiger partial charge in [-0.05, 0) is 68.4 Å². The van der Waals surface area contributed by atoms with Gasteiger partial charge in [0.05, 0.1) is 11.5 Å². The Morgan fingerprint density at radius 3 is 2.19 bits per heavy atom. The lowest BCUT2D eigenvalue weighted by molar-refractivity contribution is 0.0462. The quantitative estimate of drug-likeness (QED) is 0.394. The predicted octanol–water partition coefficient (Wildman–Crippen LogP) is 5.41. The van der Waals surface area contributed by atoms with Gasteiger partial charge in [-0.1, -0.05) is 30.3 Å². The molecule has 3 N–H and O–H groups in total. The first kappa shape index (κ1) is 23.0. The first-order chi connectivity index (χ1) is 17.7. The fourth-order valence-electron chi connectivity index (χ4n) is 5.89. The molecule has 2 aromatic carbocycles. The smallest absolute Gasteiger partial charge is 0.146 e. The Kier molecular flexibility index (Phi) is 6.34. The number of nitrogen functional groups attached to an aromatic ring is 1. The normalized spacial score (nSPS) is 21.6. The average molecular weight is 484 g/mol. The maximum absolute atomic E-state index is 9.86. The average Bonchev–Trinajstić information content (AvgIpc) is 3.31. The van der Waals surface area contributed by atoms with Crippen LogP contribution in [0.25, 0.3) is 22.2 Å². The molecular weight excluding hydrogens is 450 g/mol. The number of nitrogens with two attached hydrogens (primary N) is 1. The standard InChI is InChI=1S/C29H33N5O2/c30-28-27-26(20-6-12-25(13-7-20)36-24-4-2-1-3-5-24)18-34(29(27)32-19-31-28)22-10-8-21(9-11-22)33-16-14-23(35)15-17-33/h1-7,12-13,18-19,21-23,35H,8-11,14-17H2,(H2,30,31,32)/t21-,22+. The van der Waals surface area contributed by atoms with E-state index in [-0.39, 0.29) is 6.10 Å². The highest BCUT2D eigenvalue weighted by atomic mass is 16.5. The van der Waals surface area contributed by atoms with Crippen LogP contribution in [0.2, 0.25) is 0 Å². The lowest BCUT2D eigenvalue weighted by Crippen LogP contribution is -2.44. The molecule has 0 radical (unpaired) electrons. The van der Waals surface area contributed by atoms with Crippen LogP contribution >= 0.6 is 0 Å². The second-order valence-electron chi connectivity index (χ2n) is 10.1. The molecule has 2 aliphatic rings. The van der Waals surface area contributed by atoms with Gasteiger partial charge in [0.1, 0.15) is 29.3 Å². The van der Waals surface area contributed by atoms with Gasteiger partial charge in [0, 0.05) is 36.9 Å². The minimum Gasteiger partial charge on any atom is -0.457 e. The summed E-state index contributed by atoms with van der Waals surface area (Å²) in [6, 6.07) is 18.9. The number of likely N-dealkylation sites (tertiary alicyclic amines) is 1.